The molecule has 3 rings (SSSR count). The standard InChI is InChI=1S/C18H18N2O4/c1-12-3-2-4-14(7-12)23-10-17(21)19-9-13-5-6-16-15(8-13)20-18(22)11-24-16/h2-8H,9-11H2,1H3,(H,19,21)(H,20,22). The van der Waals surface area contributed by atoms with Gasteiger partial charge in [-0.2, -0.15) is 0 Å². The van der Waals surface area contributed by atoms with Crippen LogP contribution in [0.1, 0.15) is 11.1 Å². The Balaban J connectivity index is 1.51. The molecule has 0 aliphatic carbocycles. The molecule has 0 aromatic heterocycles. The second-order valence-electron chi connectivity index (χ2n) is 5.55. The van der Waals surface area contributed by atoms with Gasteiger partial charge < -0.3 is 20.1 Å². The fourth-order valence-corrected chi connectivity index (χ4v) is 2.35. The van der Waals surface area contributed by atoms with Crippen molar-refractivity contribution in [3.63, 3.8) is 0 Å². The Bertz CT molecular complexity index is 773. The minimum Gasteiger partial charge on any atom is -0.484 e. The molecule has 124 valence electrons. The largest absolute Gasteiger partial charge is 0.484 e. The minimum atomic E-state index is -0.213. The fraction of sp³-hybridized carbons (Fsp3) is 0.222. The Morgan fingerprint density at radius 1 is 1.29 bits per heavy atom. The van der Waals surface area contributed by atoms with Gasteiger partial charge in [-0.3, -0.25) is 9.59 Å². The van der Waals surface area contributed by atoms with Gasteiger partial charge >= 0.3 is 0 Å². The van der Waals surface area contributed by atoms with E-state index in [1.807, 2.05) is 37.3 Å². The number of nitrogens with one attached hydrogen (secondary N) is 2. The summed E-state index contributed by atoms with van der Waals surface area (Å²) in [7, 11) is 0. The van der Waals surface area contributed by atoms with E-state index in [0.717, 1.165) is 11.1 Å². The number of carbonyl (C=O) groups excluding carboxylic acids is 2. The van der Waals surface area contributed by atoms with Gasteiger partial charge in [0.25, 0.3) is 11.8 Å². The molecule has 0 bridgehead atoms. The van der Waals surface area contributed by atoms with Crippen molar-refractivity contribution in [2.24, 2.45) is 0 Å². The molecular formula is C18H18N2O4. The molecule has 0 radical (unpaired) electrons. The zero-order chi connectivity index (χ0) is 16.9. The maximum Gasteiger partial charge on any atom is 0.262 e. The highest BCUT2D eigenvalue weighted by atomic mass is 16.5. The molecule has 2 N–H and O–H groups in total. The number of amides is 2. The third-order valence-corrected chi connectivity index (χ3v) is 3.53. The molecule has 0 spiro atoms. The molecule has 0 saturated heterocycles. The van der Waals surface area contributed by atoms with E-state index in [1.165, 1.54) is 0 Å². The number of anilines is 1. The fourth-order valence-electron chi connectivity index (χ4n) is 2.35. The van der Waals surface area contributed by atoms with Gasteiger partial charge in [0, 0.05) is 6.54 Å². The van der Waals surface area contributed by atoms with E-state index in [9.17, 15) is 9.59 Å². The second kappa shape index (κ2) is 7.04. The first-order valence-electron chi connectivity index (χ1n) is 7.62. The predicted octanol–water partition coefficient (Wildman–Crippen LogP) is 2.02. The first-order valence-corrected chi connectivity index (χ1v) is 7.62. The summed E-state index contributed by atoms with van der Waals surface area (Å²) in [6, 6.07) is 12.9. The summed E-state index contributed by atoms with van der Waals surface area (Å²) in [4.78, 5) is 23.2. The SMILES string of the molecule is Cc1cccc(OCC(=O)NCc2ccc3c(c2)NC(=O)CO3)c1. The molecule has 1 heterocycles. The van der Waals surface area contributed by atoms with Crippen LogP contribution in [-0.4, -0.2) is 25.0 Å². The molecule has 0 fully saturated rings. The van der Waals surface area contributed by atoms with Crippen molar-refractivity contribution in [1.82, 2.24) is 5.32 Å². The van der Waals surface area contributed by atoms with Gasteiger partial charge in [-0.05, 0) is 42.3 Å². The summed E-state index contributed by atoms with van der Waals surface area (Å²) in [5.74, 6) is 0.899. The van der Waals surface area contributed by atoms with Crippen molar-refractivity contribution < 1.29 is 19.1 Å². The highest BCUT2D eigenvalue weighted by Crippen LogP contribution is 2.28. The van der Waals surface area contributed by atoms with Crippen LogP contribution in [0.2, 0.25) is 0 Å². The van der Waals surface area contributed by atoms with Gasteiger partial charge in [-0.1, -0.05) is 18.2 Å². The molecule has 1 aliphatic heterocycles. The van der Waals surface area contributed by atoms with Crippen molar-refractivity contribution in [2.75, 3.05) is 18.5 Å². The average molecular weight is 326 g/mol. The zero-order valence-electron chi connectivity index (χ0n) is 13.3. The van der Waals surface area contributed by atoms with E-state index in [4.69, 9.17) is 9.47 Å². The highest BCUT2D eigenvalue weighted by molar-refractivity contribution is 5.95. The number of benzene rings is 2. The van der Waals surface area contributed by atoms with Crippen LogP contribution in [0.5, 0.6) is 11.5 Å². The number of hydrogen-bond donors (Lipinski definition) is 2. The maximum atomic E-state index is 11.9. The van der Waals surface area contributed by atoms with Gasteiger partial charge in [-0.25, -0.2) is 0 Å². The molecule has 1 aliphatic rings. The number of aryl methyl sites for hydroxylation is 1. The smallest absolute Gasteiger partial charge is 0.262 e. The van der Waals surface area contributed by atoms with E-state index < -0.39 is 0 Å². The Hall–Kier alpha value is -3.02. The van der Waals surface area contributed by atoms with E-state index in [2.05, 4.69) is 10.6 Å². The van der Waals surface area contributed by atoms with Crippen LogP contribution in [-0.2, 0) is 16.1 Å². The van der Waals surface area contributed by atoms with Crippen molar-refractivity contribution in [2.45, 2.75) is 13.5 Å². The lowest BCUT2D eigenvalue weighted by molar-refractivity contribution is -0.123. The van der Waals surface area contributed by atoms with Crippen LogP contribution in [0, 0.1) is 6.92 Å². The molecule has 6 nitrogen and oxygen atoms in total. The zero-order valence-corrected chi connectivity index (χ0v) is 13.3. The van der Waals surface area contributed by atoms with Gasteiger partial charge in [0.05, 0.1) is 5.69 Å². The quantitative estimate of drug-likeness (QED) is 0.881. The van der Waals surface area contributed by atoms with Crippen LogP contribution < -0.4 is 20.1 Å². The van der Waals surface area contributed by atoms with E-state index in [-0.39, 0.29) is 25.0 Å². The number of fused-ring (bicyclic) bond motifs is 1. The monoisotopic (exact) mass is 326 g/mol. The Morgan fingerprint density at radius 2 is 2.17 bits per heavy atom. The summed E-state index contributed by atoms with van der Waals surface area (Å²) in [5, 5.41) is 5.52. The molecule has 0 atom stereocenters. The van der Waals surface area contributed by atoms with Crippen LogP contribution in [0.15, 0.2) is 42.5 Å². The van der Waals surface area contributed by atoms with Crippen LogP contribution >= 0.6 is 0 Å². The number of rotatable bonds is 5. The topological polar surface area (TPSA) is 76.7 Å². The summed E-state index contributed by atoms with van der Waals surface area (Å²) < 4.78 is 10.7. The Kier molecular flexibility index (Phi) is 4.65. The van der Waals surface area contributed by atoms with Crippen LogP contribution in [0.25, 0.3) is 0 Å². The molecule has 24 heavy (non-hydrogen) atoms. The molecular weight excluding hydrogens is 308 g/mol. The lowest BCUT2D eigenvalue weighted by Gasteiger charge is -2.18. The minimum absolute atomic E-state index is 0.0272. The van der Waals surface area contributed by atoms with E-state index >= 15 is 0 Å². The average Bonchev–Trinajstić information content (AvgIpc) is 2.58. The van der Waals surface area contributed by atoms with E-state index in [0.29, 0.717) is 23.7 Å². The van der Waals surface area contributed by atoms with Crippen LogP contribution in [0.3, 0.4) is 0 Å². The number of carbonyl (C=O) groups is 2. The molecule has 0 unspecified atom stereocenters. The Morgan fingerprint density at radius 3 is 3.00 bits per heavy atom. The first-order chi connectivity index (χ1) is 11.6. The molecule has 6 heteroatoms. The third-order valence-electron chi connectivity index (χ3n) is 3.53. The molecule has 2 amide bonds. The summed E-state index contributed by atoms with van der Waals surface area (Å²) >= 11 is 0. The van der Waals surface area contributed by atoms with Crippen molar-refractivity contribution in [1.29, 1.82) is 0 Å². The summed E-state index contributed by atoms with van der Waals surface area (Å²) in [6.07, 6.45) is 0. The maximum absolute atomic E-state index is 11.9. The number of ether oxygens (including phenoxy) is 2. The summed E-state index contributed by atoms with van der Waals surface area (Å²) in [6.45, 7) is 2.29. The van der Waals surface area contributed by atoms with Crippen LogP contribution in [0.4, 0.5) is 5.69 Å². The van der Waals surface area contributed by atoms with Gasteiger partial charge in [-0.15, -0.1) is 0 Å². The van der Waals surface area contributed by atoms with Gasteiger partial charge in [0.2, 0.25) is 0 Å². The lowest BCUT2D eigenvalue weighted by Crippen LogP contribution is -2.29. The molecule has 0 saturated carbocycles. The third kappa shape index (κ3) is 4.04. The van der Waals surface area contributed by atoms with Gasteiger partial charge in [0.1, 0.15) is 11.5 Å². The summed E-state index contributed by atoms with van der Waals surface area (Å²) in [5.41, 5.74) is 2.56. The predicted molar refractivity (Wildman–Crippen MR) is 89.1 cm³/mol. The first kappa shape index (κ1) is 15.9. The van der Waals surface area contributed by atoms with E-state index in [1.54, 1.807) is 12.1 Å². The normalized spacial score (nSPS) is 12.6. The number of hydrogen-bond acceptors (Lipinski definition) is 4. The van der Waals surface area contributed by atoms with Crippen molar-refractivity contribution in [3.05, 3.63) is 53.6 Å². The van der Waals surface area contributed by atoms with Crippen molar-refractivity contribution in [3.8, 4) is 11.5 Å². The highest BCUT2D eigenvalue weighted by Gasteiger charge is 2.16. The molecule has 2 aromatic rings. The van der Waals surface area contributed by atoms with Gasteiger partial charge in [0.15, 0.2) is 13.2 Å². The second-order valence-corrected chi connectivity index (χ2v) is 5.55. The Labute approximate surface area is 139 Å². The van der Waals surface area contributed by atoms with Crippen molar-refractivity contribution >= 4 is 17.5 Å². The lowest BCUT2D eigenvalue weighted by atomic mass is 10.1. The molecule has 2 aromatic carbocycles.